The molecule has 4 aromatic rings. The monoisotopic (exact) mass is 542 g/mol. The van der Waals surface area contributed by atoms with E-state index in [1.54, 1.807) is 55.5 Å². The molecule has 0 aliphatic heterocycles. The Labute approximate surface area is 194 Å². The van der Waals surface area contributed by atoms with Crippen LogP contribution in [0.5, 0.6) is 17.2 Å². The maximum Gasteiger partial charge on any atom is 0.235 e. The Morgan fingerprint density at radius 1 is 1.00 bits per heavy atom. The minimum absolute atomic E-state index is 0.124. The number of fused-ring (bicyclic) bond motifs is 1. The van der Waals surface area contributed by atoms with Gasteiger partial charge in [0.1, 0.15) is 22.8 Å². The Morgan fingerprint density at radius 2 is 1.74 bits per heavy atom. The van der Waals surface area contributed by atoms with E-state index in [2.05, 4.69) is 31.9 Å². The largest absolute Gasteiger partial charge is 0.485 e. The third-order valence-corrected chi connectivity index (χ3v) is 5.76. The molecule has 4 rings (SSSR count). The molecule has 1 aromatic heterocycles. The van der Waals surface area contributed by atoms with Crippen LogP contribution >= 0.6 is 31.9 Å². The number of ether oxygens (including phenoxy) is 2. The zero-order valence-corrected chi connectivity index (χ0v) is 19.5. The van der Waals surface area contributed by atoms with Gasteiger partial charge in [0.2, 0.25) is 11.2 Å². The number of carbonyl (C=O) groups excluding carboxylic acids is 1. The number of Topliss-reactive ketones (excluding diaryl/α,β-unsaturated/α-hetero) is 1. The van der Waals surface area contributed by atoms with Gasteiger partial charge in [0.05, 0.1) is 9.86 Å². The third-order valence-electron chi connectivity index (χ3n) is 4.57. The van der Waals surface area contributed by atoms with Gasteiger partial charge < -0.3 is 13.9 Å². The lowest BCUT2D eigenvalue weighted by Gasteiger charge is -2.11. The zero-order chi connectivity index (χ0) is 22.0. The molecule has 0 aliphatic carbocycles. The molecule has 1 heterocycles. The fourth-order valence-corrected chi connectivity index (χ4v) is 3.61. The van der Waals surface area contributed by atoms with E-state index in [4.69, 9.17) is 13.9 Å². The van der Waals surface area contributed by atoms with E-state index in [-0.39, 0.29) is 23.6 Å². The summed E-state index contributed by atoms with van der Waals surface area (Å²) in [4.78, 5) is 25.3. The number of carbonyl (C=O) groups is 1. The Kier molecular flexibility index (Phi) is 6.25. The average Bonchev–Trinajstić information content (AvgIpc) is 2.76. The van der Waals surface area contributed by atoms with Crippen molar-refractivity contribution in [2.24, 2.45) is 0 Å². The van der Waals surface area contributed by atoms with E-state index in [0.29, 0.717) is 33.8 Å². The van der Waals surface area contributed by atoms with Gasteiger partial charge in [0.25, 0.3) is 0 Å². The van der Waals surface area contributed by atoms with Crippen LogP contribution in [-0.4, -0.2) is 12.4 Å². The summed E-state index contributed by atoms with van der Waals surface area (Å²) in [7, 11) is 0. The highest BCUT2D eigenvalue weighted by Crippen LogP contribution is 2.31. The molecule has 0 saturated carbocycles. The summed E-state index contributed by atoms with van der Waals surface area (Å²) >= 11 is 6.75. The van der Waals surface area contributed by atoms with Gasteiger partial charge in [0.15, 0.2) is 12.4 Å². The first-order chi connectivity index (χ1) is 14.9. The molecule has 0 unspecified atom stereocenters. The van der Waals surface area contributed by atoms with Crippen LogP contribution in [0.15, 0.2) is 84.9 Å². The zero-order valence-electron chi connectivity index (χ0n) is 16.4. The van der Waals surface area contributed by atoms with Gasteiger partial charge in [-0.2, -0.15) is 0 Å². The standard InChI is InChI=1S/C24H16Br2O5/c1-14-24(31-21-5-3-2-4-19(21)26)23(28)18-11-10-17(12-22(18)30-14)29-13-20(27)15-6-8-16(25)9-7-15/h2-12H,13H2,1H3. The van der Waals surface area contributed by atoms with E-state index in [1.807, 2.05) is 18.2 Å². The van der Waals surface area contributed by atoms with Crippen LogP contribution in [0.2, 0.25) is 0 Å². The Balaban J connectivity index is 1.57. The number of ketones is 1. The molecular weight excluding hydrogens is 528 g/mol. The third kappa shape index (κ3) is 4.73. The van der Waals surface area contributed by atoms with Crippen molar-refractivity contribution in [3.05, 3.63) is 97.2 Å². The van der Waals surface area contributed by atoms with Crippen LogP contribution in [0.3, 0.4) is 0 Å². The summed E-state index contributed by atoms with van der Waals surface area (Å²) in [5, 5.41) is 0.360. The fourth-order valence-electron chi connectivity index (χ4n) is 2.98. The van der Waals surface area contributed by atoms with Crippen molar-refractivity contribution >= 4 is 48.6 Å². The number of para-hydroxylation sites is 1. The first kappa shape index (κ1) is 21.3. The average molecular weight is 544 g/mol. The quantitative estimate of drug-likeness (QED) is 0.254. The summed E-state index contributed by atoms with van der Waals surface area (Å²) < 4.78 is 18.9. The normalized spacial score (nSPS) is 10.8. The molecule has 0 saturated heterocycles. The molecule has 31 heavy (non-hydrogen) atoms. The van der Waals surface area contributed by atoms with Crippen LogP contribution in [0.1, 0.15) is 16.1 Å². The van der Waals surface area contributed by atoms with Crippen molar-refractivity contribution < 1.29 is 18.7 Å². The Bertz CT molecular complexity index is 1330. The van der Waals surface area contributed by atoms with Crippen molar-refractivity contribution in [1.82, 2.24) is 0 Å². The number of hydrogen-bond acceptors (Lipinski definition) is 5. The molecule has 0 aliphatic rings. The van der Waals surface area contributed by atoms with Gasteiger partial charge in [-0.1, -0.05) is 40.2 Å². The highest BCUT2D eigenvalue weighted by atomic mass is 79.9. The molecule has 7 heteroatoms. The maximum atomic E-state index is 13.0. The van der Waals surface area contributed by atoms with Crippen LogP contribution < -0.4 is 14.9 Å². The summed E-state index contributed by atoms with van der Waals surface area (Å²) in [6, 6.07) is 19.1. The van der Waals surface area contributed by atoms with Gasteiger partial charge in [-0.15, -0.1) is 0 Å². The number of rotatable bonds is 6. The van der Waals surface area contributed by atoms with Crippen molar-refractivity contribution in [2.75, 3.05) is 6.61 Å². The van der Waals surface area contributed by atoms with Crippen molar-refractivity contribution in [1.29, 1.82) is 0 Å². The van der Waals surface area contributed by atoms with Gasteiger partial charge in [-0.3, -0.25) is 9.59 Å². The summed E-state index contributed by atoms with van der Waals surface area (Å²) in [5.74, 6) is 1.26. The minimum atomic E-state index is -0.285. The first-order valence-corrected chi connectivity index (χ1v) is 10.9. The number of aryl methyl sites for hydroxylation is 1. The second-order valence-electron chi connectivity index (χ2n) is 6.73. The highest BCUT2D eigenvalue weighted by molar-refractivity contribution is 9.10. The van der Waals surface area contributed by atoms with E-state index < -0.39 is 0 Å². The summed E-state index contributed by atoms with van der Waals surface area (Å²) in [6.07, 6.45) is 0. The molecule has 3 aromatic carbocycles. The topological polar surface area (TPSA) is 65.7 Å². The lowest BCUT2D eigenvalue weighted by Crippen LogP contribution is -2.12. The second kappa shape index (κ2) is 9.08. The Morgan fingerprint density at radius 3 is 2.48 bits per heavy atom. The SMILES string of the molecule is Cc1oc2cc(OCC(=O)c3ccc(Br)cc3)ccc2c(=O)c1Oc1ccccc1Br. The number of benzene rings is 3. The molecule has 0 N–H and O–H groups in total. The van der Waals surface area contributed by atoms with Gasteiger partial charge >= 0.3 is 0 Å². The first-order valence-electron chi connectivity index (χ1n) is 9.34. The predicted molar refractivity (Wildman–Crippen MR) is 125 cm³/mol. The molecule has 156 valence electrons. The van der Waals surface area contributed by atoms with Crippen LogP contribution in [0, 0.1) is 6.92 Å². The fraction of sp³-hybridized carbons (Fsp3) is 0.0833. The number of halogens is 2. The molecule has 0 atom stereocenters. The smallest absolute Gasteiger partial charge is 0.235 e. The molecule has 0 spiro atoms. The van der Waals surface area contributed by atoms with Crippen LogP contribution in [0.25, 0.3) is 11.0 Å². The van der Waals surface area contributed by atoms with E-state index in [1.165, 1.54) is 0 Å². The van der Waals surface area contributed by atoms with Crippen LogP contribution in [-0.2, 0) is 0 Å². The van der Waals surface area contributed by atoms with Gasteiger partial charge in [0, 0.05) is 16.1 Å². The summed E-state index contributed by atoms with van der Waals surface area (Å²) in [6.45, 7) is 1.54. The van der Waals surface area contributed by atoms with E-state index >= 15 is 0 Å². The van der Waals surface area contributed by atoms with Crippen molar-refractivity contribution in [3.8, 4) is 17.2 Å². The molecule has 0 bridgehead atoms. The van der Waals surface area contributed by atoms with Crippen molar-refractivity contribution in [3.63, 3.8) is 0 Å². The lowest BCUT2D eigenvalue weighted by atomic mass is 10.1. The number of hydrogen-bond donors (Lipinski definition) is 0. The minimum Gasteiger partial charge on any atom is -0.485 e. The maximum absolute atomic E-state index is 13.0. The van der Waals surface area contributed by atoms with Crippen LogP contribution in [0.4, 0.5) is 0 Å². The molecule has 0 amide bonds. The predicted octanol–water partition coefficient (Wildman–Crippen LogP) is 6.68. The van der Waals surface area contributed by atoms with E-state index in [0.717, 1.165) is 8.95 Å². The summed E-state index contributed by atoms with van der Waals surface area (Å²) in [5.41, 5.74) is 0.628. The molecule has 5 nitrogen and oxygen atoms in total. The molecule has 0 fully saturated rings. The molecule has 0 radical (unpaired) electrons. The second-order valence-corrected chi connectivity index (χ2v) is 8.50. The van der Waals surface area contributed by atoms with Crippen molar-refractivity contribution in [2.45, 2.75) is 6.92 Å². The van der Waals surface area contributed by atoms with Gasteiger partial charge in [-0.25, -0.2) is 0 Å². The Hall–Kier alpha value is -2.90. The molecular formula is C24H16Br2O5. The van der Waals surface area contributed by atoms with E-state index in [9.17, 15) is 9.59 Å². The van der Waals surface area contributed by atoms with Gasteiger partial charge in [-0.05, 0) is 59.3 Å². The highest BCUT2D eigenvalue weighted by Gasteiger charge is 2.16. The lowest BCUT2D eigenvalue weighted by molar-refractivity contribution is 0.0921.